The third kappa shape index (κ3) is 1.75. The van der Waals surface area contributed by atoms with Crippen molar-refractivity contribution in [3.63, 3.8) is 0 Å². The molecule has 1 unspecified atom stereocenters. The summed E-state index contributed by atoms with van der Waals surface area (Å²) in [4.78, 5) is 14.4. The molecular formula is C6H8N2O2S. The average Bonchev–Trinajstić information content (AvgIpc) is 2.33. The van der Waals surface area contributed by atoms with Crippen LogP contribution < -0.4 is 5.73 Å². The molecule has 0 radical (unpaired) electrons. The van der Waals surface area contributed by atoms with Crippen molar-refractivity contribution < 1.29 is 9.90 Å². The SMILES string of the molecule is CC(N)c1ncc(C(=O)O)s1. The van der Waals surface area contributed by atoms with Crippen LogP contribution in [0.15, 0.2) is 6.20 Å². The molecule has 1 aromatic rings. The molecule has 0 amide bonds. The predicted molar refractivity (Wildman–Crippen MR) is 41.7 cm³/mol. The number of hydrogen-bond donors (Lipinski definition) is 2. The molecule has 0 fully saturated rings. The van der Waals surface area contributed by atoms with Crippen LogP contribution >= 0.6 is 11.3 Å². The number of carboxylic acid groups (broad SMARTS) is 1. The third-order valence-corrected chi connectivity index (χ3v) is 2.31. The van der Waals surface area contributed by atoms with Crippen LogP contribution in [-0.4, -0.2) is 16.1 Å². The molecule has 11 heavy (non-hydrogen) atoms. The Balaban J connectivity index is 2.90. The normalized spacial score (nSPS) is 12.9. The molecule has 0 aliphatic heterocycles. The highest BCUT2D eigenvalue weighted by Crippen LogP contribution is 2.17. The second-order valence-electron chi connectivity index (χ2n) is 2.16. The van der Waals surface area contributed by atoms with Crippen molar-refractivity contribution in [2.24, 2.45) is 5.73 Å². The lowest BCUT2D eigenvalue weighted by atomic mass is 10.4. The van der Waals surface area contributed by atoms with Crippen LogP contribution in [0.5, 0.6) is 0 Å². The van der Waals surface area contributed by atoms with Crippen molar-refractivity contribution in [1.82, 2.24) is 4.98 Å². The van der Waals surface area contributed by atoms with Gasteiger partial charge in [-0.1, -0.05) is 0 Å². The number of carbonyl (C=O) groups is 1. The van der Waals surface area contributed by atoms with Crippen molar-refractivity contribution in [1.29, 1.82) is 0 Å². The molecule has 1 rings (SSSR count). The van der Waals surface area contributed by atoms with Crippen LogP contribution in [0.1, 0.15) is 27.6 Å². The van der Waals surface area contributed by atoms with E-state index in [1.54, 1.807) is 6.92 Å². The largest absolute Gasteiger partial charge is 0.477 e. The highest BCUT2D eigenvalue weighted by molar-refractivity contribution is 7.13. The van der Waals surface area contributed by atoms with Crippen LogP contribution in [0.3, 0.4) is 0 Å². The summed E-state index contributed by atoms with van der Waals surface area (Å²) in [6.07, 6.45) is 1.33. The van der Waals surface area contributed by atoms with Crippen molar-refractivity contribution in [2.75, 3.05) is 0 Å². The Morgan fingerprint density at radius 3 is 2.82 bits per heavy atom. The number of nitrogens with two attached hydrogens (primary N) is 1. The molecule has 0 aromatic carbocycles. The predicted octanol–water partition coefficient (Wildman–Crippen LogP) is 0.861. The zero-order chi connectivity index (χ0) is 8.43. The topological polar surface area (TPSA) is 76.2 Å². The minimum atomic E-state index is -0.950. The number of hydrogen-bond acceptors (Lipinski definition) is 4. The zero-order valence-corrected chi connectivity index (χ0v) is 6.76. The maximum Gasteiger partial charge on any atom is 0.347 e. The van der Waals surface area contributed by atoms with Gasteiger partial charge in [0.1, 0.15) is 9.88 Å². The van der Waals surface area contributed by atoms with Crippen molar-refractivity contribution in [3.05, 3.63) is 16.1 Å². The number of nitrogens with zero attached hydrogens (tertiary/aromatic N) is 1. The van der Waals surface area contributed by atoms with Crippen LogP contribution in [-0.2, 0) is 0 Å². The Hall–Kier alpha value is -0.940. The van der Waals surface area contributed by atoms with Gasteiger partial charge in [0.05, 0.1) is 12.2 Å². The first-order chi connectivity index (χ1) is 5.11. The maximum absolute atomic E-state index is 10.4. The lowest BCUT2D eigenvalue weighted by molar-refractivity contribution is 0.0702. The Bertz CT molecular complexity index is 269. The third-order valence-electron chi connectivity index (χ3n) is 1.12. The lowest BCUT2D eigenvalue weighted by Crippen LogP contribution is -2.03. The van der Waals surface area contributed by atoms with E-state index in [1.165, 1.54) is 6.20 Å². The highest BCUT2D eigenvalue weighted by Gasteiger charge is 2.10. The molecule has 0 bridgehead atoms. The van der Waals surface area contributed by atoms with Crippen molar-refractivity contribution in [3.8, 4) is 0 Å². The molecule has 5 heteroatoms. The summed E-state index contributed by atoms with van der Waals surface area (Å²) >= 11 is 1.11. The van der Waals surface area contributed by atoms with E-state index in [4.69, 9.17) is 10.8 Å². The molecule has 0 spiro atoms. The Labute approximate surface area is 67.7 Å². The summed E-state index contributed by atoms with van der Waals surface area (Å²) < 4.78 is 0. The summed E-state index contributed by atoms with van der Waals surface area (Å²) in [7, 11) is 0. The smallest absolute Gasteiger partial charge is 0.347 e. The quantitative estimate of drug-likeness (QED) is 0.693. The molecule has 60 valence electrons. The van der Waals surface area contributed by atoms with Gasteiger partial charge >= 0.3 is 5.97 Å². The van der Waals surface area contributed by atoms with Crippen LogP contribution in [0.4, 0.5) is 0 Å². The fourth-order valence-corrected chi connectivity index (χ4v) is 1.31. The molecule has 3 N–H and O–H groups in total. The first kappa shape index (κ1) is 8.16. The molecule has 0 saturated carbocycles. The summed E-state index contributed by atoms with van der Waals surface area (Å²) in [5, 5.41) is 9.16. The van der Waals surface area contributed by atoms with E-state index in [9.17, 15) is 4.79 Å². The number of carboxylic acids is 1. The van der Waals surface area contributed by atoms with Crippen LogP contribution in [0.25, 0.3) is 0 Å². The standard InChI is InChI=1S/C6H8N2O2S/c1-3(7)5-8-2-4(11-5)6(9)10/h2-3H,7H2,1H3,(H,9,10). The van der Waals surface area contributed by atoms with E-state index in [-0.39, 0.29) is 10.9 Å². The van der Waals surface area contributed by atoms with Gasteiger partial charge in [0.2, 0.25) is 0 Å². The van der Waals surface area contributed by atoms with Gasteiger partial charge in [-0.2, -0.15) is 0 Å². The van der Waals surface area contributed by atoms with E-state index in [2.05, 4.69) is 4.98 Å². The monoisotopic (exact) mass is 172 g/mol. The van der Waals surface area contributed by atoms with Crippen molar-refractivity contribution in [2.45, 2.75) is 13.0 Å². The first-order valence-corrected chi connectivity index (χ1v) is 3.87. The summed E-state index contributed by atoms with van der Waals surface area (Å²) in [5.74, 6) is -0.950. The van der Waals surface area contributed by atoms with Gasteiger partial charge in [0.15, 0.2) is 0 Å². The van der Waals surface area contributed by atoms with E-state index in [0.717, 1.165) is 11.3 Å². The minimum absolute atomic E-state index is 0.187. The van der Waals surface area contributed by atoms with E-state index in [1.807, 2.05) is 0 Å². The van der Waals surface area contributed by atoms with Crippen molar-refractivity contribution >= 4 is 17.3 Å². The summed E-state index contributed by atoms with van der Waals surface area (Å²) in [6.45, 7) is 1.77. The molecule has 0 saturated heterocycles. The Kier molecular flexibility index (Phi) is 2.21. The fourth-order valence-electron chi connectivity index (χ4n) is 0.597. The number of rotatable bonds is 2. The highest BCUT2D eigenvalue weighted by atomic mass is 32.1. The fraction of sp³-hybridized carbons (Fsp3) is 0.333. The first-order valence-electron chi connectivity index (χ1n) is 3.06. The van der Waals surface area contributed by atoms with Gasteiger partial charge in [-0.25, -0.2) is 9.78 Å². The number of aromatic nitrogens is 1. The average molecular weight is 172 g/mol. The Morgan fingerprint density at radius 1 is 1.91 bits per heavy atom. The van der Waals surface area contributed by atoms with Crippen LogP contribution in [0, 0.1) is 0 Å². The van der Waals surface area contributed by atoms with Gasteiger partial charge in [0.25, 0.3) is 0 Å². The van der Waals surface area contributed by atoms with Gasteiger partial charge in [0, 0.05) is 0 Å². The molecule has 0 aliphatic rings. The van der Waals surface area contributed by atoms with Gasteiger partial charge in [-0.3, -0.25) is 0 Å². The molecule has 1 atom stereocenters. The molecule has 1 aromatic heterocycles. The molecule has 4 nitrogen and oxygen atoms in total. The van der Waals surface area contributed by atoms with E-state index < -0.39 is 5.97 Å². The Morgan fingerprint density at radius 2 is 2.55 bits per heavy atom. The van der Waals surface area contributed by atoms with Gasteiger partial charge in [-0.05, 0) is 6.92 Å². The molecule has 0 aliphatic carbocycles. The lowest BCUT2D eigenvalue weighted by Gasteiger charge is -1.95. The number of aromatic carboxylic acids is 1. The molecular weight excluding hydrogens is 164 g/mol. The zero-order valence-electron chi connectivity index (χ0n) is 5.94. The van der Waals surface area contributed by atoms with Crippen LogP contribution in [0.2, 0.25) is 0 Å². The minimum Gasteiger partial charge on any atom is -0.477 e. The van der Waals surface area contributed by atoms with Gasteiger partial charge in [-0.15, -0.1) is 11.3 Å². The van der Waals surface area contributed by atoms with E-state index >= 15 is 0 Å². The second kappa shape index (κ2) is 2.98. The van der Waals surface area contributed by atoms with E-state index in [0.29, 0.717) is 5.01 Å². The maximum atomic E-state index is 10.4. The number of thiazole rings is 1. The summed E-state index contributed by atoms with van der Waals surface area (Å²) in [5.41, 5.74) is 5.48. The van der Waals surface area contributed by atoms with Gasteiger partial charge < -0.3 is 10.8 Å². The summed E-state index contributed by atoms with van der Waals surface area (Å²) in [6, 6.07) is -0.187. The molecule has 1 heterocycles. The second-order valence-corrected chi connectivity index (χ2v) is 3.22.